The summed E-state index contributed by atoms with van der Waals surface area (Å²) >= 11 is 0. The molecule has 1 saturated heterocycles. The van der Waals surface area contributed by atoms with Gasteiger partial charge in [-0.1, -0.05) is 18.2 Å². The zero-order valence-corrected chi connectivity index (χ0v) is 14.6. The highest BCUT2D eigenvalue weighted by molar-refractivity contribution is 5.92. The average Bonchev–Trinajstić information content (AvgIpc) is 3.35. The van der Waals surface area contributed by atoms with Gasteiger partial charge in [-0.2, -0.15) is 5.10 Å². The summed E-state index contributed by atoms with van der Waals surface area (Å²) < 4.78 is 2.01. The second kappa shape index (κ2) is 7.51. The number of amides is 1. The molecule has 1 fully saturated rings. The lowest BCUT2D eigenvalue weighted by molar-refractivity contribution is 0.0786. The van der Waals surface area contributed by atoms with E-state index in [0.29, 0.717) is 11.5 Å². The number of fused-ring (bicyclic) bond motifs is 1. The highest BCUT2D eigenvalue weighted by Crippen LogP contribution is 2.14. The highest BCUT2D eigenvalue weighted by Gasteiger charge is 2.20. The quantitative estimate of drug-likeness (QED) is 0.692. The van der Waals surface area contributed by atoms with Gasteiger partial charge in [0.15, 0.2) is 0 Å². The Bertz CT molecular complexity index is 900. The van der Waals surface area contributed by atoms with Crippen LogP contribution in [0.2, 0.25) is 0 Å². The number of likely N-dealkylation sites (tertiary alicyclic amines) is 1. The number of hydrogen-bond acceptors (Lipinski definition) is 5. The number of benzene rings is 1. The van der Waals surface area contributed by atoms with Gasteiger partial charge in [0, 0.05) is 31.6 Å². The zero-order valence-electron chi connectivity index (χ0n) is 14.6. The molecular formula is C19H22N6O. The van der Waals surface area contributed by atoms with E-state index in [2.05, 4.69) is 32.5 Å². The van der Waals surface area contributed by atoms with Gasteiger partial charge in [0.1, 0.15) is 11.5 Å². The van der Waals surface area contributed by atoms with Gasteiger partial charge in [0.25, 0.3) is 5.91 Å². The van der Waals surface area contributed by atoms with Crippen molar-refractivity contribution in [2.45, 2.75) is 25.8 Å². The third-order valence-corrected chi connectivity index (χ3v) is 4.65. The lowest BCUT2D eigenvalue weighted by Crippen LogP contribution is -2.28. The number of rotatable bonds is 6. The molecule has 1 aromatic carbocycles. The Morgan fingerprint density at radius 1 is 1.12 bits per heavy atom. The van der Waals surface area contributed by atoms with Crippen molar-refractivity contribution in [3.63, 3.8) is 0 Å². The fourth-order valence-electron chi connectivity index (χ4n) is 3.29. The van der Waals surface area contributed by atoms with Crippen LogP contribution in [0, 0.1) is 0 Å². The van der Waals surface area contributed by atoms with Crippen molar-refractivity contribution in [2.24, 2.45) is 0 Å². The number of para-hydroxylation sites is 1. The first-order valence-electron chi connectivity index (χ1n) is 9.07. The molecule has 1 N–H and O–H groups in total. The summed E-state index contributed by atoms with van der Waals surface area (Å²) in [5, 5.41) is 8.84. The lowest BCUT2D eigenvalue weighted by Gasteiger charge is -2.14. The van der Waals surface area contributed by atoms with Crippen LogP contribution < -0.4 is 5.32 Å². The predicted molar refractivity (Wildman–Crippen MR) is 100 cm³/mol. The first kappa shape index (κ1) is 16.5. The van der Waals surface area contributed by atoms with Gasteiger partial charge in [-0.15, -0.1) is 0 Å². The van der Waals surface area contributed by atoms with Gasteiger partial charge in [-0.25, -0.2) is 4.98 Å². The topological polar surface area (TPSA) is 75.9 Å². The van der Waals surface area contributed by atoms with E-state index in [-0.39, 0.29) is 5.91 Å². The van der Waals surface area contributed by atoms with Crippen molar-refractivity contribution >= 4 is 22.6 Å². The van der Waals surface area contributed by atoms with Crippen LogP contribution in [0.25, 0.3) is 10.9 Å². The minimum absolute atomic E-state index is 0.0262. The Morgan fingerprint density at radius 2 is 1.96 bits per heavy atom. The van der Waals surface area contributed by atoms with E-state index >= 15 is 0 Å². The third-order valence-electron chi connectivity index (χ3n) is 4.65. The molecule has 0 radical (unpaired) electrons. The van der Waals surface area contributed by atoms with Crippen molar-refractivity contribution in [2.75, 3.05) is 25.0 Å². The number of carbonyl (C=O) groups is 1. The molecule has 0 aliphatic carbocycles. The molecule has 7 heteroatoms. The number of aromatic nitrogens is 4. The zero-order chi connectivity index (χ0) is 17.8. The molecule has 26 heavy (non-hydrogen) atoms. The average molecular weight is 350 g/mol. The SMILES string of the molecule is O=C(c1cncc(NCCCn2ncc3ccccc32)n1)N1CCCC1. The normalized spacial score (nSPS) is 14.1. The Labute approximate surface area is 152 Å². The van der Waals surface area contributed by atoms with Crippen molar-refractivity contribution in [3.8, 4) is 0 Å². The second-order valence-corrected chi connectivity index (χ2v) is 6.50. The van der Waals surface area contributed by atoms with E-state index in [1.54, 1.807) is 12.4 Å². The predicted octanol–water partition coefficient (Wildman–Crippen LogP) is 2.56. The summed E-state index contributed by atoms with van der Waals surface area (Å²) in [7, 11) is 0. The Hall–Kier alpha value is -2.96. The van der Waals surface area contributed by atoms with Crippen LogP contribution in [0.5, 0.6) is 0 Å². The van der Waals surface area contributed by atoms with Crippen LogP contribution in [0.3, 0.4) is 0 Å². The largest absolute Gasteiger partial charge is 0.369 e. The smallest absolute Gasteiger partial charge is 0.274 e. The van der Waals surface area contributed by atoms with Crippen molar-refractivity contribution < 1.29 is 4.79 Å². The summed E-state index contributed by atoms with van der Waals surface area (Å²) in [5.74, 6) is 0.613. The van der Waals surface area contributed by atoms with E-state index in [1.165, 1.54) is 0 Å². The standard InChI is InChI=1S/C19H22N6O/c26-19(24-9-3-4-10-24)16-13-20-14-18(23-16)21-8-5-11-25-17-7-2-1-6-15(17)12-22-25/h1-2,6-7,12-14H,3-5,8-11H2,(H,21,23). The van der Waals surface area contributed by atoms with Crippen LogP contribution in [0.1, 0.15) is 29.8 Å². The molecule has 2 aromatic heterocycles. The van der Waals surface area contributed by atoms with Crippen LogP contribution in [-0.2, 0) is 6.54 Å². The number of aryl methyl sites for hydroxylation is 1. The van der Waals surface area contributed by atoms with E-state index in [4.69, 9.17) is 0 Å². The highest BCUT2D eigenvalue weighted by atomic mass is 16.2. The molecule has 0 bridgehead atoms. The lowest BCUT2D eigenvalue weighted by atomic mass is 10.2. The minimum atomic E-state index is -0.0262. The van der Waals surface area contributed by atoms with Crippen molar-refractivity contribution in [1.29, 1.82) is 0 Å². The first-order valence-corrected chi connectivity index (χ1v) is 9.07. The van der Waals surface area contributed by atoms with Crippen molar-refractivity contribution in [1.82, 2.24) is 24.6 Å². The van der Waals surface area contributed by atoms with Crippen molar-refractivity contribution in [3.05, 3.63) is 48.5 Å². The number of hydrogen-bond donors (Lipinski definition) is 1. The number of anilines is 1. The van der Waals surface area contributed by atoms with Gasteiger partial charge in [0.2, 0.25) is 0 Å². The summed E-state index contributed by atoms with van der Waals surface area (Å²) in [5.41, 5.74) is 1.56. The van der Waals surface area contributed by atoms with E-state index in [9.17, 15) is 4.79 Å². The molecule has 3 aromatic rings. The minimum Gasteiger partial charge on any atom is -0.369 e. The van der Waals surface area contributed by atoms with Gasteiger partial charge >= 0.3 is 0 Å². The van der Waals surface area contributed by atoms with Crippen LogP contribution in [0.4, 0.5) is 5.82 Å². The number of nitrogens with one attached hydrogen (secondary N) is 1. The molecule has 0 spiro atoms. The summed E-state index contributed by atoms with van der Waals surface area (Å²) in [6.07, 6.45) is 8.13. The molecule has 7 nitrogen and oxygen atoms in total. The second-order valence-electron chi connectivity index (χ2n) is 6.50. The molecule has 0 atom stereocenters. The van der Waals surface area contributed by atoms with Gasteiger partial charge in [-0.3, -0.25) is 14.5 Å². The maximum Gasteiger partial charge on any atom is 0.274 e. The molecule has 134 valence electrons. The maximum atomic E-state index is 12.4. The molecule has 3 heterocycles. The maximum absolute atomic E-state index is 12.4. The van der Waals surface area contributed by atoms with Crippen LogP contribution in [0.15, 0.2) is 42.9 Å². The fraction of sp³-hybridized carbons (Fsp3) is 0.368. The van der Waals surface area contributed by atoms with E-state index in [0.717, 1.165) is 56.3 Å². The van der Waals surface area contributed by atoms with Gasteiger partial charge < -0.3 is 10.2 Å². The number of carbonyl (C=O) groups excluding carboxylic acids is 1. The van der Waals surface area contributed by atoms with E-state index < -0.39 is 0 Å². The summed E-state index contributed by atoms with van der Waals surface area (Å²) in [4.78, 5) is 22.8. The molecule has 1 aliphatic rings. The van der Waals surface area contributed by atoms with Gasteiger partial charge in [0.05, 0.1) is 24.1 Å². The summed E-state index contributed by atoms with van der Waals surface area (Å²) in [6.45, 7) is 3.19. The molecule has 4 rings (SSSR count). The first-order chi connectivity index (χ1) is 12.8. The molecule has 1 aliphatic heterocycles. The summed E-state index contributed by atoms with van der Waals surface area (Å²) in [6, 6.07) is 8.19. The molecular weight excluding hydrogens is 328 g/mol. The fourth-order valence-corrected chi connectivity index (χ4v) is 3.29. The van der Waals surface area contributed by atoms with Crippen LogP contribution in [-0.4, -0.2) is 50.2 Å². The van der Waals surface area contributed by atoms with E-state index in [1.807, 2.05) is 27.9 Å². The number of nitrogens with zero attached hydrogens (tertiary/aromatic N) is 5. The van der Waals surface area contributed by atoms with Crippen LogP contribution >= 0.6 is 0 Å². The molecule has 0 saturated carbocycles. The Balaban J connectivity index is 1.32. The monoisotopic (exact) mass is 350 g/mol. The Kier molecular flexibility index (Phi) is 4.77. The molecule has 0 unspecified atom stereocenters. The third kappa shape index (κ3) is 3.51. The molecule has 1 amide bonds. The Morgan fingerprint density at radius 3 is 2.85 bits per heavy atom. The van der Waals surface area contributed by atoms with Gasteiger partial charge in [-0.05, 0) is 25.3 Å².